The molecule has 1 heterocycles. The Bertz CT molecular complexity index is 802. The lowest BCUT2D eigenvalue weighted by Gasteiger charge is -2.03. The van der Waals surface area contributed by atoms with Crippen LogP contribution in [-0.2, 0) is 14.3 Å². The lowest BCUT2D eigenvalue weighted by molar-refractivity contribution is -0.139. The molecule has 0 saturated carbocycles. The topological polar surface area (TPSA) is 72.5 Å². The van der Waals surface area contributed by atoms with Crippen molar-refractivity contribution in [2.75, 3.05) is 20.3 Å². The van der Waals surface area contributed by atoms with Gasteiger partial charge in [0.1, 0.15) is 29.8 Å². The van der Waals surface area contributed by atoms with Crippen LogP contribution in [0.3, 0.4) is 0 Å². The van der Waals surface area contributed by atoms with Crippen molar-refractivity contribution in [2.24, 2.45) is 0 Å². The number of carbonyl (C=O) groups is 1. The fourth-order valence-electron chi connectivity index (χ4n) is 1.97. The summed E-state index contributed by atoms with van der Waals surface area (Å²) in [4.78, 5) is 11.8. The molecule has 1 aromatic carbocycles. The Labute approximate surface area is 148 Å². The summed E-state index contributed by atoms with van der Waals surface area (Å²) in [5, 5.41) is 9.11. The number of hydrogen-bond acceptors (Lipinski definition) is 5. The first kappa shape index (κ1) is 18.0. The van der Waals surface area contributed by atoms with Gasteiger partial charge in [0.25, 0.3) is 0 Å². The van der Waals surface area contributed by atoms with Gasteiger partial charge < -0.3 is 13.9 Å². The van der Waals surface area contributed by atoms with Crippen molar-refractivity contribution in [1.29, 1.82) is 5.26 Å². The molecule has 5 nitrogen and oxygen atoms in total. The number of nitriles is 1. The molecule has 1 aromatic heterocycles. The van der Waals surface area contributed by atoms with Gasteiger partial charge in [-0.25, -0.2) is 4.79 Å². The van der Waals surface area contributed by atoms with Crippen LogP contribution in [0.5, 0.6) is 0 Å². The molecule has 2 aromatic rings. The van der Waals surface area contributed by atoms with E-state index in [0.29, 0.717) is 11.5 Å². The molecule has 0 bridgehead atoms. The van der Waals surface area contributed by atoms with Gasteiger partial charge in [-0.2, -0.15) is 5.26 Å². The molecular formula is C18H16BrNO4. The van der Waals surface area contributed by atoms with Gasteiger partial charge in [-0.1, -0.05) is 22.0 Å². The van der Waals surface area contributed by atoms with Gasteiger partial charge in [0.15, 0.2) is 0 Å². The van der Waals surface area contributed by atoms with Gasteiger partial charge in [0.2, 0.25) is 0 Å². The largest absolute Gasteiger partial charge is 0.459 e. The molecule has 2 rings (SSSR count). The van der Waals surface area contributed by atoms with Crippen molar-refractivity contribution in [1.82, 2.24) is 0 Å². The zero-order chi connectivity index (χ0) is 17.5. The second-order valence-electron chi connectivity index (χ2n) is 4.98. The number of ether oxygens (including phenoxy) is 2. The van der Waals surface area contributed by atoms with Gasteiger partial charge in [-0.05, 0) is 36.8 Å². The Morgan fingerprint density at radius 1 is 1.33 bits per heavy atom. The molecule has 0 unspecified atom stereocenters. The summed E-state index contributed by atoms with van der Waals surface area (Å²) in [5.74, 6) is 0.333. The third-order valence-corrected chi connectivity index (χ3v) is 3.82. The van der Waals surface area contributed by atoms with Crippen LogP contribution in [0.2, 0.25) is 0 Å². The fraction of sp³-hybridized carbons (Fsp3) is 0.222. The summed E-state index contributed by atoms with van der Waals surface area (Å²) >= 11 is 3.50. The van der Waals surface area contributed by atoms with Crippen molar-refractivity contribution < 1.29 is 18.7 Å². The van der Waals surface area contributed by atoms with E-state index in [1.54, 1.807) is 12.1 Å². The average Bonchev–Trinajstić information content (AvgIpc) is 3.01. The number of esters is 1. The summed E-state index contributed by atoms with van der Waals surface area (Å²) in [6.07, 6.45) is 1.36. The highest BCUT2D eigenvalue weighted by molar-refractivity contribution is 9.10. The van der Waals surface area contributed by atoms with Crippen LogP contribution in [0.1, 0.15) is 11.3 Å². The summed E-state index contributed by atoms with van der Waals surface area (Å²) in [7, 11) is 1.50. The van der Waals surface area contributed by atoms with Crippen LogP contribution >= 0.6 is 15.9 Å². The summed E-state index contributed by atoms with van der Waals surface area (Å²) < 4.78 is 16.3. The minimum atomic E-state index is -0.705. The molecule has 0 aliphatic heterocycles. The molecule has 0 fully saturated rings. The first-order valence-corrected chi connectivity index (χ1v) is 7.98. The molecule has 124 valence electrons. The fourth-order valence-corrected chi connectivity index (χ4v) is 2.66. The Kier molecular flexibility index (Phi) is 6.36. The molecule has 0 aliphatic carbocycles. The lowest BCUT2D eigenvalue weighted by atomic mass is 10.1. The maximum absolute atomic E-state index is 11.8. The standard InChI is InChI=1S/C18H16BrNO4/c1-12-3-5-15(16(19)9-12)17-6-4-14(24-17)10-13(11-20)18(21)23-8-7-22-2/h3-6,9-10H,7-8H2,1-2H3/b13-10+. The normalized spacial score (nSPS) is 11.2. The SMILES string of the molecule is COCCOC(=O)/C(C#N)=C/c1ccc(-c2ccc(C)cc2Br)o1. The Morgan fingerprint density at radius 3 is 2.79 bits per heavy atom. The van der Waals surface area contributed by atoms with Gasteiger partial charge in [0.05, 0.1) is 6.61 Å². The average molecular weight is 390 g/mol. The number of rotatable bonds is 6. The van der Waals surface area contributed by atoms with Crippen molar-refractivity contribution in [2.45, 2.75) is 6.92 Å². The molecule has 0 atom stereocenters. The van der Waals surface area contributed by atoms with Crippen molar-refractivity contribution in [3.05, 3.63) is 51.7 Å². The third-order valence-electron chi connectivity index (χ3n) is 3.16. The predicted molar refractivity (Wildman–Crippen MR) is 93.0 cm³/mol. The number of halogens is 1. The van der Waals surface area contributed by atoms with E-state index in [0.717, 1.165) is 15.6 Å². The number of methoxy groups -OCH3 is 1. The van der Waals surface area contributed by atoms with E-state index in [1.807, 2.05) is 31.2 Å². The van der Waals surface area contributed by atoms with E-state index in [1.165, 1.54) is 13.2 Å². The monoisotopic (exact) mass is 389 g/mol. The third kappa shape index (κ3) is 4.57. The van der Waals surface area contributed by atoms with Crippen LogP contribution in [0.15, 0.2) is 44.8 Å². The number of aryl methyl sites for hydroxylation is 1. The van der Waals surface area contributed by atoms with Crippen molar-refractivity contribution >= 4 is 28.0 Å². The maximum atomic E-state index is 11.8. The molecule has 0 N–H and O–H groups in total. The van der Waals surface area contributed by atoms with Gasteiger partial charge in [0, 0.05) is 23.2 Å². The van der Waals surface area contributed by atoms with E-state index < -0.39 is 5.97 Å². The number of nitrogens with zero attached hydrogens (tertiary/aromatic N) is 1. The van der Waals surface area contributed by atoms with E-state index in [2.05, 4.69) is 15.9 Å². The van der Waals surface area contributed by atoms with Crippen LogP contribution in [0, 0.1) is 18.3 Å². The van der Waals surface area contributed by atoms with Gasteiger partial charge in [-0.3, -0.25) is 0 Å². The van der Waals surface area contributed by atoms with Gasteiger partial charge >= 0.3 is 5.97 Å². The van der Waals surface area contributed by atoms with Crippen molar-refractivity contribution in [3.8, 4) is 17.4 Å². The highest BCUT2D eigenvalue weighted by atomic mass is 79.9. The molecule has 0 amide bonds. The van der Waals surface area contributed by atoms with Crippen molar-refractivity contribution in [3.63, 3.8) is 0 Å². The van der Waals surface area contributed by atoms with Crippen LogP contribution in [0.4, 0.5) is 0 Å². The summed E-state index contributed by atoms with van der Waals surface area (Å²) in [5.41, 5.74) is 1.89. The zero-order valence-electron chi connectivity index (χ0n) is 13.3. The molecule has 0 spiro atoms. The second-order valence-corrected chi connectivity index (χ2v) is 5.84. The van der Waals surface area contributed by atoms with Crippen LogP contribution in [-0.4, -0.2) is 26.3 Å². The molecular weight excluding hydrogens is 374 g/mol. The number of carbonyl (C=O) groups excluding carboxylic acids is 1. The Balaban J connectivity index is 2.19. The summed E-state index contributed by atoms with van der Waals surface area (Å²) in [6.45, 7) is 2.37. The van der Waals surface area contributed by atoms with E-state index in [4.69, 9.17) is 19.2 Å². The van der Waals surface area contributed by atoms with E-state index in [-0.39, 0.29) is 18.8 Å². The highest BCUT2D eigenvalue weighted by Crippen LogP contribution is 2.31. The summed E-state index contributed by atoms with van der Waals surface area (Å²) in [6, 6.07) is 11.2. The number of hydrogen-bond donors (Lipinski definition) is 0. The minimum absolute atomic E-state index is 0.0913. The van der Waals surface area contributed by atoms with Crippen LogP contribution < -0.4 is 0 Å². The predicted octanol–water partition coefficient (Wildman–Crippen LogP) is 4.11. The lowest BCUT2D eigenvalue weighted by Crippen LogP contribution is -2.11. The van der Waals surface area contributed by atoms with E-state index in [9.17, 15) is 4.79 Å². The first-order valence-electron chi connectivity index (χ1n) is 7.19. The molecule has 0 saturated heterocycles. The number of benzene rings is 1. The second kappa shape index (κ2) is 8.48. The van der Waals surface area contributed by atoms with Crippen LogP contribution in [0.25, 0.3) is 17.4 Å². The molecule has 0 radical (unpaired) electrons. The number of furan rings is 1. The smallest absolute Gasteiger partial charge is 0.349 e. The highest BCUT2D eigenvalue weighted by Gasteiger charge is 2.13. The molecule has 24 heavy (non-hydrogen) atoms. The minimum Gasteiger partial charge on any atom is -0.459 e. The maximum Gasteiger partial charge on any atom is 0.349 e. The first-order chi connectivity index (χ1) is 11.5. The quantitative estimate of drug-likeness (QED) is 0.321. The zero-order valence-corrected chi connectivity index (χ0v) is 14.9. The molecule has 6 heteroatoms. The van der Waals surface area contributed by atoms with Gasteiger partial charge in [-0.15, -0.1) is 0 Å². The molecule has 0 aliphatic rings. The Hall–Kier alpha value is -2.36. The Morgan fingerprint density at radius 2 is 2.12 bits per heavy atom. The van der Waals surface area contributed by atoms with E-state index >= 15 is 0 Å².